The topological polar surface area (TPSA) is 301 Å². The average Bonchev–Trinajstić information content (AvgIpc) is 2.70. The Kier molecular flexibility index (Phi) is 13.2. The van der Waals surface area contributed by atoms with Crippen LogP contribution in [0, 0.1) is 0 Å². The van der Waals surface area contributed by atoms with Gasteiger partial charge in [-0.15, -0.1) is 0 Å². The zero-order chi connectivity index (χ0) is 25.6. The Labute approximate surface area is 189 Å². The molecule has 3 unspecified atom stereocenters. The van der Waals surface area contributed by atoms with Crippen LogP contribution in [0.5, 0.6) is 0 Å². The molecule has 0 saturated carbocycles. The zero-order valence-corrected chi connectivity index (χ0v) is 17.9. The number of guanidine groups is 1. The number of hydrogen-bond donors (Lipinski definition) is 9. The molecule has 0 aromatic heterocycles. The third-order valence-electron chi connectivity index (χ3n) is 4.08. The number of nitrogens with zero attached hydrogens (tertiary/aromatic N) is 1. The Morgan fingerprint density at radius 1 is 0.848 bits per heavy atom. The van der Waals surface area contributed by atoms with Crippen molar-refractivity contribution in [3.63, 3.8) is 0 Å². The lowest BCUT2D eigenvalue weighted by molar-refractivity contribution is -0.143. The van der Waals surface area contributed by atoms with Crippen molar-refractivity contribution in [3.05, 3.63) is 0 Å². The summed E-state index contributed by atoms with van der Waals surface area (Å²) in [5.41, 5.74) is 26.0. The predicted molar refractivity (Wildman–Crippen MR) is 115 cm³/mol. The quantitative estimate of drug-likeness (QED) is 0.0582. The maximum absolute atomic E-state index is 12.5. The van der Waals surface area contributed by atoms with Crippen molar-refractivity contribution in [2.24, 2.45) is 33.7 Å². The summed E-state index contributed by atoms with van der Waals surface area (Å²) in [6.07, 6.45) is -0.559. The van der Waals surface area contributed by atoms with E-state index in [9.17, 15) is 28.8 Å². The molecule has 0 aromatic carbocycles. The summed E-state index contributed by atoms with van der Waals surface area (Å²) in [7, 11) is 0. The number of rotatable bonds is 16. The zero-order valence-electron chi connectivity index (χ0n) is 17.9. The number of nitrogens with two attached hydrogens (primary N) is 5. The van der Waals surface area contributed by atoms with E-state index in [2.05, 4.69) is 20.9 Å². The SMILES string of the molecule is NC(=O)CCC(N)C(=O)NCC(=O)NC(CCCN=C(N)N)C(=O)NC(CC(N)=O)C(=O)O. The first-order valence-electron chi connectivity index (χ1n) is 9.81. The standard InChI is InChI=1S/C17H31N9O7/c18-8(3-4-11(19)27)14(30)24-7-13(29)25-9(2-1-5-23-17(21)22)15(31)26-10(16(32)33)6-12(20)28/h8-10H,1-7,18H2,(H2,19,27)(H2,20,28)(H,24,30)(H,25,29)(H,26,31)(H,32,33)(H4,21,22,23). The van der Waals surface area contributed by atoms with Crippen molar-refractivity contribution in [1.82, 2.24) is 16.0 Å². The molecule has 14 N–H and O–H groups in total. The maximum atomic E-state index is 12.5. The van der Waals surface area contributed by atoms with Gasteiger partial charge in [0, 0.05) is 13.0 Å². The van der Waals surface area contributed by atoms with Gasteiger partial charge in [0.2, 0.25) is 29.5 Å². The normalized spacial score (nSPS) is 13.0. The lowest BCUT2D eigenvalue weighted by Gasteiger charge is -2.21. The van der Waals surface area contributed by atoms with Crippen LogP contribution in [0.1, 0.15) is 32.1 Å². The molecule has 0 aliphatic heterocycles. The van der Waals surface area contributed by atoms with Crippen LogP contribution >= 0.6 is 0 Å². The van der Waals surface area contributed by atoms with Gasteiger partial charge in [-0.05, 0) is 19.3 Å². The van der Waals surface area contributed by atoms with E-state index in [0.717, 1.165) is 0 Å². The second kappa shape index (κ2) is 15.0. The summed E-state index contributed by atoms with van der Waals surface area (Å²) in [6, 6.07) is -3.91. The largest absolute Gasteiger partial charge is 0.480 e. The van der Waals surface area contributed by atoms with Gasteiger partial charge in [0.25, 0.3) is 0 Å². The van der Waals surface area contributed by atoms with Crippen LogP contribution < -0.4 is 44.6 Å². The summed E-state index contributed by atoms with van der Waals surface area (Å²) in [4.78, 5) is 73.4. The van der Waals surface area contributed by atoms with Crippen LogP contribution in [-0.4, -0.2) is 77.8 Å². The van der Waals surface area contributed by atoms with E-state index in [0.29, 0.717) is 0 Å². The summed E-state index contributed by atoms with van der Waals surface area (Å²) in [5, 5.41) is 15.9. The Morgan fingerprint density at radius 3 is 2.00 bits per heavy atom. The number of aliphatic imine (C=N–C) groups is 1. The van der Waals surface area contributed by atoms with Crippen molar-refractivity contribution in [2.45, 2.75) is 50.2 Å². The Hall–Kier alpha value is -3.95. The van der Waals surface area contributed by atoms with E-state index in [4.69, 9.17) is 33.8 Å². The number of amides is 5. The van der Waals surface area contributed by atoms with E-state index in [-0.39, 0.29) is 38.2 Å². The molecular formula is C17H31N9O7. The molecule has 0 fully saturated rings. The predicted octanol–water partition coefficient (Wildman–Crippen LogP) is -5.32. The van der Waals surface area contributed by atoms with Gasteiger partial charge >= 0.3 is 5.97 Å². The van der Waals surface area contributed by atoms with Crippen LogP contribution in [0.25, 0.3) is 0 Å². The average molecular weight is 473 g/mol. The van der Waals surface area contributed by atoms with Crippen molar-refractivity contribution in [1.29, 1.82) is 0 Å². The highest BCUT2D eigenvalue weighted by Crippen LogP contribution is 2.02. The summed E-state index contributed by atoms with van der Waals surface area (Å²) in [5.74, 6) is -5.66. The summed E-state index contributed by atoms with van der Waals surface area (Å²) >= 11 is 0. The first kappa shape index (κ1) is 29.0. The molecule has 0 heterocycles. The molecule has 16 nitrogen and oxygen atoms in total. The van der Waals surface area contributed by atoms with E-state index >= 15 is 0 Å². The second-order valence-corrected chi connectivity index (χ2v) is 6.97. The van der Waals surface area contributed by atoms with Crippen molar-refractivity contribution < 1.29 is 33.9 Å². The van der Waals surface area contributed by atoms with Crippen molar-refractivity contribution in [2.75, 3.05) is 13.1 Å². The third-order valence-corrected chi connectivity index (χ3v) is 4.08. The Balaban J connectivity index is 5.04. The second-order valence-electron chi connectivity index (χ2n) is 6.97. The molecule has 0 aliphatic rings. The monoisotopic (exact) mass is 473 g/mol. The minimum absolute atomic E-state index is 0.00331. The Bertz CT molecular complexity index is 768. The minimum Gasteiger partial charge on any atom is -0.480 e. The fraction of sp³-hybridized carbons (Fsp3) is 0.588. The smallest absolute Gasteiger partial charge is 0.326 e. The van der Waals surface area contributed by atoms with E-state index < -0.39 is 66.6 Å². The van der Waals surface area contributed by atoms with Crippen LogP contribution in [0.4, 0.5) is 0 Å². The first-order chi connectivity index (χ1) is 15.3. The highest BCUT2D eigenvalue weighted by atomic mass is 16.4. The van der Waals surface area contributed by atoms with Crippen LogP contribution in [0.3, 0.4) is 0 Å². The minimum atomic E-state index is -1.60. The molecule has 33 heavy (non-hydrogen) atoms. The lowest BCUT2D eigenvalue weighted by Crippen LogP contribution is -2.54. The Morgan fingerprint density at radius 2 is 1.48 bits per heavy atom. The number of carboxylic acids is 1. The molecule has 0 spiro atoms. The lowest BCUT2D eigenvalue weighted by atomic mass is 10.1. The van der Waals surface area contributed by atoms with Crippen LogP contribution in [-0.2, 0) is 28.8 Å². The molecule has 0 aliphatic carbocycles. The molecule has 3 atom stereocenters. The van der Waals surface area contributed by atoms with Gasteiger partial charge in [0.05, 0.1) is 19.0 Å². The summed E-state index contributed by atoms with van der Waals surface area (Å²) < 4.78 is 0. The number of carbonyl (C=O) groups is 6. The molecular weight excluding hydrogens is 442 g/mol. The third kappa shape index (κ3) is 13.9. The van der Waals surface area contributed by atoms with Gasteiger partial charge < -0.3 is 49.7 Å². The van der Waals surface area contributed by atoms with E-state index in [1.54, 1.807) is 0 Å². The van der Waals surface area contributed by atoms with Gasteiger partial charge in [0.15, 0.2) is 5.96 Å². The molecule has 16 heteroatoms. The van der Waals surface area contributed by atoms with Crippen molar-refractivity contribution >= 4 is 41.5 Å². The fourth-order valence-corrected chi connectivity index (χ4v) is 2.42. The van der Waals surface area contributed by atoms with Gasteiger partial charge in [0.1, 0.15) is 12.1 Å². The van der Waals surface area contributed by atoms with Crippen LogP contribution in [0.2, 0.25) is 0 Å². The number of aliphatic carboxylic acids is 1. The number of carboxylic acid groups (broad SMARTS) is 1. The van der Waals surface area contributed by atoms with Gasteiger partial charge in [-0.3, -0.25) is 29.0 Å². The summed E-state index contributed by atoms with van der Waals surface area (Å²) in [6.45, 7) is -0.429. The molecule has 0 aromatic rings. The first-order valence-corrected chi connectivity index (χ1v) is 9.81. The molecule has 5 amide bonds. The number of nitrogens with one attached hydrogen (secondary N) is 3. The molecule has 186 valence electrons. The molecule has 0 rings (SSSR count). The van der Waals surface area contributed by atoms with Crippen molar-refractivity contribution in [3.8, 4) is 0 Å². The van der Waals surface area contributed by atoms with Gasteiger partial charge in [-0.2, -0.15) is 0 Å². The fourth-order valence-electron chi connectivity index (χ4n) is 2.42. The highest BCUT2D eigenvalue weighted by molar-refractivity contribution is 5.93. The molecule has 0 saturated heterocycles. The number of hydrogen-bond acceptors (Lipinski definition) is 8. The van der Waals surface area contributed by atoms with Gasteiger partial charge in [-0.1, -0.05) is 0 Å². The number of primary amides is 2. The van der Waals surface area contributed by atoms with Gasteiger partial charge in [-0.25, -0.2) is 4.79 Å². The van der Waals surface area contributed by atoms with E-state index in [1.165, 1.54) is 0 Å². The van der Waals surface area contributed by atoms with E-state index in [1.807, 2.05) is 0 Å². The maximum Gasteiger partial charge on any atom is 0.326 e. The molecule has 0 bridgehead atoms. The molecule has 0 radical (unpaired) electrons. The van der Waals surface area contributed by atoms with Crippen LogP contribution in [0.15, 0.2) is 4.99 Å². The number of carbonyl (C=O) groups excluding carboxylic acids is 5. The highest BCUT2D eigenvalue weighted by Gasteiger charge is 2.27.